The summed E-state index contributed by atoms with van der Waals surface area (Å²) >= 11 is 0. The topological polar surface area (TPSA) is 111 Å². The van der Waals surface area contributed by atoms with Crippen molar-refractivity contribution in [2.75, 3.05) is 6.54 Å². The highest BCUT2D eigenvalue weighted by atomic mass is 16.6. The molecule has 0 bridgehead atoms. The molecule has 1 fully saturated rings. The number of hydrogen-bond acceptors (Lipinski definition) is 5. The van der Waals surface area contributed by atoms with Gasteiger partial charge in [-0.05, 0) is 24.8 Å². The molecular weight excluding hydrogens is 226 g/mol. The van der Waals surface area contributed by atoms with Gasteiger partial charge in [0.1, 0.15) is 4.92 Å². The molecule has 1 saturated carbocycles. The fourth-order valence-electron chi connectivity index (χ4n) is 1.54. The Hall–Kier alpha value is -1.89. The van der Waals surface area contributed by atoms with E-state index in [9.17, 15) is 14.9 Å². The second-order valence-corrected chi connectivity index (χ2v) is 4.11. The minimum atomic E-state index is -0.688. The van der Waals surface area contributed by atoms with E-state index in [0.717, 1.165) is 18.9 Å². The van der Waals surface area contributed by atoms with Crippen molar-refractivity contribution in [3.05, 3.63) is 28.0 Å². The number of carbonyl (C=O) groups excluding carboxylic acids is 1. The van der Waals surface area contributed by atoms with Crippen molar-refractivity contribution in [3.63, 3.8) is 0 Å². The van der Waals surface area contributed by atoms with Gasteiger partial charge in [0.15, 0.2) is 5.76 Å². The van der Waals surface area contributed by atoms with E-state index in [1.54, 1.807) is 0 Å². The Morgan fingerprint density at radius 1 is 1.65 bits per heavy atom. The minimum absolute atomic E-state index is 0.0519. The van der Waals surface area contributed by atoms with E-state index in [1.165, 1.54) is 6.07 Å². The van der Waals surface area contributed by atoms with Gasteiger partial charge in [-0.15, -0.1) is 0 Å². The number of nitrogens with two attached hydrogens (primary N) is 1. The summed E-state index contributed by atoms with van der Waals surface area (Å²) in [6, 6.07) is 2.37. The molecule has 1 aliphatic rings. The van der Waals surface area contributed by atoms with Gasteiger partial charge in [-0.3, -0.25) is 14.9 Å². The number of amides is 1. The first-order chi connectivity index (χ1) is 8.08. The second kappa shape index (κ2) is 4.54. The van der Waals surface area contributed by atoms with Crippen LogP contribution < -0.4 is 11.1 Å². The lowest BCUT2D eigenvalue weighted by molar-refractivity contribution is -0.402. The summed E-state index contributed by atoms with van der Waals surface area (Å²) < 4.78 is 4.76. The Labute approximate surface area is 97.1 Å². The Morgan fingerprint density at radius 2 is 2.35 bits per heavy atom. The van der Waals surface area contributed by atoms with Crippen molar-refractivity contribution in [2.24, 2.45) is 11.7 Å². The van der Waals surface area contributed by atoms with Crippen molar-refractivity contribution < 1.29 is 14.1 Å². The molecule has 1 aromatic heterocycles. The minimum Gasteiger partial charge on any atom is -0.395 e. The Morgan fingerprint density at radius 3 is 2.88 bits per heavy atom. The summed E-state index contributed by atoms with van der Waals surface area (Å²) in [6.45, 7) is 0.359. The van der Waals surface area contributed by atoms with Gasteiger partial charge < -0.3 is 15.5 Å². The van der Waals surface area contributed by atoms with E-state index in [0.29, 0.717) is 12.5 Å². The largest absolute Gasteiger partial charge is 0.433 e. The van der Waals surface area contributed by atoms with Crippen LogP contribution in [0.4, 0.5) is 5.88 Å². The number of hydrogen-bond donors (Lipinski definition) is 2. The molecule has 1 atom stereocenters. The highest BCUT2D eigenvalue weighted by molar-refractivity contribution is 5.91. The Balaban J connectivity index is 1.87. The summed E-state index contributed by atoms with van der Waals surface area (Å²) in [7, 11) is 0. The first-order valence-electron chi connectivity index (χ1n) is 5.36. The van der Waals surface area contributed by atoms with Crippen LogP contribution in [0, 0.1) is 16.0 Å². The van der Waals surface area contributed by atoms with Gasteiger partial charge in [-0.2, -0.15) is 0 Å². The first kappa shape index (κ1) is 11.6. The van der Waals surface area contributed by atoms with E-state index in [-0.39, 0.29) is 11.8 Å². The standard InChI is InChI=1S/C10H13N3O4/c11-7(6-1-2-6)5-12-10(14)8-3-4-9(17-8)13(15)16/h3-4,6-7H,1-2,5,11H2,(H,12,14). The highest BCUT2D eigenvalue weighted by Gasteiger charge is 2.28. The van der Waals surface area contributed by atoms with Crippen molar-refractivity contribution >= 4 is 11.8 Å². The Bertz CT molecular complexity index is 439. The number of nitrogens with one attached hydrogen (secondary N) is 1. The molecule has 1 amide bonds. The lowest BCUT2D eigenvalue weighted by Gasteiger charge is -2.10. The smallest absolute Gasteiger partial charge is 0.395 e. The summed E-state index contributed by atoms with van der Waals surface area (Å²) in [4.78, 5) is 21.2. The molecule has 1 unspecified atom stereocenters. The molecule has 0 saturated heterocycles. The molecule has 17 heavy (non-hydrogen) atoms. The van der Waals surface area contributed by atoms with E-state index >= 15 is 0 Å². The third-order valence-electron chi connectivity index (χ3n) is 2.72. The van der Waals surface area contributed by atoms with E-state index < -0.39 is 16.7 Å². The molecule has 7 nitrogen and oxygen atoms in total. The van der Waals surface area contributed by atoms with Gasteiger partial charge in [0.25, 0.3) is 5.91 Å². The molecule has 1 heterocycles. The normalized spacial score (nSPS) is 16.5. The number of carbonyl (C=O) groups is 1. The molecular formula is C10H13N3O4. The first-order valence-corrected chi connectivity index (χ1v) is 5.36. The van der Waals surface area contributed by atoms with Crippen LogP contribution in [0.25, 0.3) is 0 Å². The van der Waals surface area contributed by atoms with Crippen LogP contribution in [0.3, 0.4) is 0 Å². The van der Waals surface area contributed by atoms with Crippen molar-refractivity contribution in [1.29, 1.82) is 0 Å². The van der Waals surface area contributed by atoms with E-state index in [2.05, 4.69) is 5.32 Å². The van der Waals surface area contributed by atoms with Crippen molar-refractivity contribution in [1.82, 2.24) is 5.32 Å². The maximum atomic E-state index is 11.5. The van der Waals surface area contributed by atoms with Gasteiger partial charge >= 0.3 is 5.88 Å². The summed E-state index contributed by atoms with van der Waals surface area (Å²) in [5.41, 5.74) is 5.81. The van der Waals surface area contributed by atoms with Crippen molar-refractivity contribution in [3.8, 4) is 0 Å². The fourth-order valence-corrected chi connectivity index (χ4v) is 1.54. The predicted octanol–water partition coefficient (Wildman–Crippen LogP) is 0.655. The van der Waals surface area contributed by atoms with E-state index in [1.807, 2.05) is 0 Å². The zero-order chi connectivity index (χ0) is 12.4. The average Bonchev–Trinajstić information content (AvgIpc) is 3.02. The monoisotopic (exact) mass is 239 g/mol. The molecule has 92 valence electrons. The van der Waals surface area contributed by atoms with Crippen LogP contribution in [0.15, 0.2) is 16.5 Å². The SMILES string of the molecule is NC(CNC(=O)c1ccc([N+](=O)[O-])o1)C1CC1. The zero-order valence-corrected chi connectivity index (χ0v) is 9.09. The van der Waals surface area contributed by atoms with Crippen LogP contribution in [-0.2, 0) is 0 Å². The van der Waals surface area contributed by atoms with E-state index in [4.69, 9.17) is 10.2 Å². The lowest BCUT2D eigenvalue weighted by Crippen LogP contribution is -2.38. The second-order valence-electron chi connectivity index (χ2n) is 4.11. The summed E-state index contributed by atoms with van der Waals surface area (Å²) in [5, 5.41) is 13.0. The highest BCUT2D eigenvalue weighted by Crippen LogP contribution is 2.31. The number of rotatable bonds is 5. The van der Waals surface area contributed by atoms with Gasteiger partial charge in [0.05, 0.1) is 6.07 Å². The molecule has 3 N–H and O–H groups in total. The van der Waals surface area contributed by atoms with Gasteiger partial charge in [-0.1, -0.05) is 0 Å². The molecule has 0 aromatic carbocycles. The maximum Gasteiger partial charge on any atom is 0.433 e. The average molecular weight is 239 g/mol. The third-order valence-corrected chi connectivity index (χ3v) is 2.72. The van der Waals surface area contributed by atoms with Crippen LogP contribution in [0.2, 0.25) is 0 Å². The van der Waals surface area contributed by atoms with Crippen LogP contribution in [-0.4, -0.2) is 23.4 Å². The van der Waals surface area contributed by atoms with Gasteiger partial charge in [0, 0.05) is 12.6 Å². The number of nitro groups is 1. The van der Waals surface area contributed by atoms with Crippen LogP contribution in [0.1, 0.15) is 23.4 Å². The van der Waals surface area contributed by atoms with Crippen molar-refractivity contribution in [2.45, 2.75) is 18.9 Å². The molecule has 2 rings (SSSR count). The van der Waals surface area contributed by atoms with Crippen LogP contribution >= 0.6 is 0 Å². The van der Waals surface area contributed by atoms with Gasteiger partial charge in [-0.25, -0.2) is 0 Å². The number of nitrogens with zero attached hydrogens (tertiary/aromatic N) is 1. The summed E-state index contributed by atoms with van der Waals surface area (Å²) in [6.07, 6.45) is 2.20. The van der Waals surface area contributed by atoms with Crippen LogP contribution in [0.5, 0.6) is 0 Å². The molecule has 0 spiro atoms. The van der Waals surface area contributed by atoms with Gasteiger partial charge in [0.2, 0.25) is 0 Å². The third kappa shape index (κ3) is 2.82. The zero-order valence-electron chi connectivity index (χ0n) is 9.09. The molecule has 0 aliphatic heterocycles. The predicted molar refractivity (Wildman–Crippen MR) is 58.4 cm³/mol. The summed E-state index contributed by atoms with van der Waals surface area (Å²) in [5.74, 6) is -0.503. The molecule has 7 heteroatoms. The molecule has 0 radical (unpaired) electrons. The lowest BCUT2D eigenvalue weighted by atomic mass is 10.2. The quantitative estimate of drug-likeness (QED) is 0.579. The fraction of sp³-hybridized carbons (Fsp3) is 0.500. The molecule has 1 aliphatic carbocycles. The number of furan rings is 1. The Kier molecular flexibility index (Phi) is 3.10. The molecule has 1 aromatic rings. The maximum absolute atomic E-state index is 11.5.